The molecule has 0 amide bonds. The third-order valence-electron chi connectivity index (χ3n) is 2.72. The molecule has 0 radical (unpaired) electrons. The zero-order valence-corrected chi connectivity index (χ0v) is 10.2. The van der Waals surface area contributed by atoms with Crippen molar-refractivity contribution in [3.63, 3.8) is 0 Å². The first-order chi connectivity index (χ1) is 8.76. The van der Waals surface area contributed by atoms with Gasteiger partial charge in [-0.1, -0.05) is 12.1 Å². The molecule has 0 bridgehead atoms. The highest BCUT2D eigenvalue weighted by atomic mass is 32.1. The van der Waals surface area contributed by atoms with Crippen molar-refractivity contribution in [1.29, 1.82) is 0 Å². The molecule has 0 saturated heterocycles. The standard InChI is InChI=1S/C13H10N2O2S/c16-8-10-6-14-13-15(10)7-12(18-13)5-9-1-3-11(17)4-2-9/h1-4,6-8,17H,5H2. The zero-order chi connectivity index (χ0) is 12.5. The molecule has 0 aliphatic carbocycles. The molecule has 2 aromatic heterocycles. The van der Waals surface area contributed by atoms with Gasteiger partial charge in [-0.05, 0) is 17.7 Å². The maximum Gasteiger partial charge on any atom is 0.194 e. The van der Waals surface area contributed by atoms with Gasteiger partial charge in [0.1, 0.15) is 11.4 Å². The Kier molecular flexibility index (Phi) is 2.60. The number of benzene rings is 1. The Hall–Kier alpha value is -2.14. The number of imidazole rings is 1. The van der Waals surface area contributed by atoms with Crippen LogP contribution < -0.4 is 0 Å². The average Bonchev–Trinajstić information content (AvgIpc) is 2.91. The van der Waals surface area contributed by atoms with E-state index in [9.17, 15) is 9.90 Å². The molecule has 0 saturated carbocycles. The smallest absolute Gasteiger partial charge is 0.194 e. The number of nitrogens with zero attached hydrogens (tertiary/aromatic N) is 2. The van der Waals surface area contributed by atoms with Crippen LogP contribution in [0.3, 0.4) is 0 Å². The first-order valence-electron chi connectivity index (χ1n) is 5.45. The molecule has 0 aliphatic heterocycles. The molecule has 1 aromatic carbocycles. The van der Waals surface area contributed by atoms with Crippen LogP contribution in [0.5, 0.6) is 5.75 Å². The van der Waals surface area contributed by atoms with Crippen LogP contribution in [0.25, 0.3) is 4.96 Å². The Labute approximate surface area is 107 Å². The number of carbonyl (C=O) groups excluding carboxylic acids is 1. The molecule has 0 aliphatic rings. The Balaban J connectivity index is 1.92. The van der Waals surface area contributed by atoms with E-state index in [-0.39, 0.29) is 5.75 Å². The summed E-state index contributed by atoms with van der Waals surface area (Å²) in [4.78, 5) is 16.9. The van der Waals surface area contributed by atoms with E-state index < -0.39 is 0 Å². The normalized spacial score (nSPS) is 10.9. The van der Waals surface area contributed by atoms with Gasteiger partial charge < -0.3 is 5.11 Å². The predicted molar refractivity (Wildman–Crippen MR) is 69.4 cm³/mol. The molecule has 0 fully saturated rings. The number of hydrogen-bond donors (Lipinski definition) is 1. The van der Waals surface area contributed by atoms with E-state index in [2.05, 4.69) is 4.98 Å². The summed E-state index contributed by atoms with van der Waals surface area (Å²) in [7, 11) is 0. The van der Waals surface area contributed by atoms with E-state index in [4.69, 9.17) is 0 Å². The first-order valence-corrected chi connectivity index (χ1v) is 6.27. The summed E-state index contributed by atoms with van der Waals surface area (Å²) in [5, 5.41) is 9.22. The average molecular weight is 258 g/mol. The van der Waals surface area contributed by atoms with Crippen LogP contribution >= 0.6 is 11.3 Å². The Bertz CT molecular complexity index is 697. The lowest BCUT2D eigenvalue weighted by molar-refractivity contribution is 0.111. The summed E-state index contributed by atoms with van der Waals surface area (Å²) < 4.78 is 1.80. The van der Waals surface area contributed by atoms with Crippen LogP contribution in [0.15, 0.2) is 36.7 Å². The van der Waals surface area contributed by atoms with E-state index >= 15 is 0 Å². The molecule has 3 aromatic rings. The molecule has 0 spiro atoms. The summed E-state index contributed by atoms with van der Waals surface area (Å²) in [6, 6.07) is 7.12. The van der Waals surface area contributed by atoms with E-state index in [0.29, 0.717) is 5.69 Å². The quantitative estimate of drug-likeness (QED) is 0.734. The molecule has 90 valence electrons. The van der Waals surface area contributed by atoms with Crippen molar-refractivity contribution in [3.05, 3.63) is 52.8 Å². The van der Waals surface area contributed by atoms with Gasteiger partial charge in [0.25, 0.3) is 0 Å². The fourth-order valence-corrected chi connectivity index (χ4v) is 2.83. The highest BCUT2D eigenvalue weighted by Crippen LogP contribution is 2.22. The maximum absolute atomic E-state index is 10.8. The number of aromatic nitrogens is 2. The summed E-state index contributed by atoms with van der Waals surface area (Å²) in [6.07, 6.45) is 5.08. The molecule has 5 heteroatoms. The third-order valence-corrected chi connectivity index (χ3v) is 3.72. The van der Waals surface area contributed by atoms with Crippen molar-refractivity contribution in [2.75, 3.05) is 0 Å². The second kappa shape index (κ2) is 4.27. The second-order valence-electron chi connectivity index (χ2n) is 3.99. The lowest BCUT2D eigenvalue weighted by Crippen LogP contribution is -1.87. The SMILES string of the molecule is O=Cc1cnc2sc(Cc3ccc(O)cc3)cn12. The van der Waals surface area contributed by atoms with Gasteiger partial charge in [0.05, 0.1) is 6.20 Å². The number of rotatable bonds is 3. The molecular formula is C13H10N2O2S. The number of aldehydes is 1. The number of thiazole rings is 1. The molecule has 0 unspecified atom stereocenters. The fraction of sp³-hybridized carbons (Fsp3) is 0.0769. The van der Waals surface area contributed by atoms with Gasteiger partial charge in [0.15, 0.2) is 11.2 Å². The van der Waals surface area contributed by atoms with Gasteiger partial charge in [-0.25, -0.2) is 4.98 Å². The number of fused-ring (bicyclic) bond motifs is 1. The van der Waals surface area contributed by atoms with Crippen molar-refractivity contribution in [2.45, 2.75) is 6.42 Å². The monoisotopic (exact) mass is 258 g/mol. The molecule has 2 heterocycles. The minimum Gasteiger partial charge on any atom is -0.508 e. The summed E-state index contributed by atoms with van der Waals surface area (Å²) in [6.45, 7) is 0. The maximum atomic E-state index is 10.8. The van der Waals surface area contributed by atoms with Gasteiger partial charge in [-0.15, -0.1) is 11.3 Å². The highest BCUT2D eigenvalue weighted by Gasteiger charge is 2.07. The minimum atomic E-state index is 0.267. The topological polar surface area (TPSA) is 54.6 Å². The van der Waals surface area contributed by atoms with Crippen LogP contribution in [0.2, 0.25) is 0 Å². The summed E-state index contributed by atoms with van der Waals surface area (Å²) in [5.74, 6) is 0.267. The Morgan fingerprint density at radius 3 is 2.83 bits per heavy atom. The number of carbonyl (C=O) groups is 1. The van der Waals surface area contributed by atoms with E-state index in [0.717, 1.165) is 28.1 Å². The second-order valence-corrected chi connectivity index (χ2v) is 5.09. The van der Waals surface area contributed by atoms with Crippen LogP contribution in [0.1, 0.15) is 20.9 Å². The van der Waals surface area contributed by atoms with Gasteiger partial charge in [-0.3, -0.25) is 9.20 Å². The lowest BCUT2D eigenvalue weighted by Gasteiger charge is -1.98. The van der Waals surface area contributed by atoms with E-state index in [1.54, 1.807) is 34.1 Å². The lowest BCUT2D eigenvalue weighted by atomic mass is 10.1. The predicted octanol–water partition coefficient (Wildman–Crippen LogP) is 2.50. The molecule has 0 atom stereocenters. The van der Waals surface area contributed by atoms with Crippen molar-refractivity contribution in [3.8, 4) is 5.75 Å². The third kappa shape index (κ3) is 1.89. The number of phenols is 1. The van der Waals surface area contributed by atoms with Gasteiger partial charge >= 0.3 is 0 Å². The zero-order valence-electron chi connectivity index (χ0n) is 9.41. The molecule has 18 heavy (non-hydrogen) atoms. The minimum absolute atomic E-state index is 0.267. The van der Waals surface area contributed by atoms with Gasteiger partial charge in [0, 0.05) is 17.5 Å². The van der Waals surface area contributed by atoms with E-state index in [1.165, 1.54) is 0 Å². The number of aromatic hydroxyl groups is 1. The first kappa shape index (κ1) is 11.0. The van der Waals surface area contributed by atoms with Gasteiger partial charge in [0.2, 0.25) is 0 Å². The molecule has 4 nitrogen and oxygen atoms in total. The van der Waals surface area contributed by atoms with Crippen molar-refractivity contribution < 1.29 is 9.90 Å². The van der Waals surface area contributed by atoms with Crippen molar-refractivity contribution in [1.82, 2.24) is 9.38 Å². The number of phenolic OH excluding ortho intramolecular Hbond substituents is 1. The van der Waals surface area contributed by atoms with Crippen LogP contribution in [0, 0.1) is 0 Å². The molecule has 1 N–H and O–H groups in total. The van der Waals surface area contributed by atoms with E-state index in [1.807, 2.05) is 18.3 Å². The molecule has 3 rings (SSSR count). The Morgan fingerprint density at radius 2 is 2.11 bits per heavy atom. The largest absolute Gasteiger partial charge is 0.508 e. The van der Waals surface area contributed by atoms with Crippen LogP contribution in [0.4, 0.5) is 0 Å². The molecular weight excluding hydrogens is 248 g/mol. The van der Waals surface area contributed by atoms with Crippen LogP contribution in [-0.2, 0) is 6.42 Å². The fourth-order valence-electron chi connectivity index (χ4n) is 1.83. The summed E-state index contributed by atoms with van der Waals surface area (Å²) >= 11 is 1.56. The van der Waals surface area contributed by atoms with Crippen molar-refractivity contribution in [2.24, 2.45) is 0 Å². The van der Waals surface area contributed by atoms with Gasteiger partial charge in [-0.2, -0.15) is 0 Å². The summed E-state index contributed by atoms with van der Waals surface area (Å²) in [5.41, 5.74) is 1.68. The Morgan fingerprint density at radius 1 is 1.33 bits per heavy atom. The highest BCUT2D eigenvalue weighted by molar-refractivity contribution is 7.17. The van der Waals surface area contributed by atoms with Crippen LogP contribution in [-0.4, -0.2) is 20.8 Å². The van der Waals surface area contributed by atoms with Crippen molar-refractivity contribution >= 4 is 22.6 Å². The number of hydrogen-bond acceptors (Lipinski definition) is 4.